The number of hydrogen-bond donors (Lipinski definition) is 1. The first kappa shape index (κ1) is 20.8. The molecule has 5 rings (SSSR count). The van der Waals surface area contributed by atoms with E-state index in [1.54, 1.807) is 23.5 Å². The van der Waals surface area contributed by atoms with Gasteiger partial charge in [-0.05, 0) is 37.1 Å². The van der Waals surface area contributed by atoms with Crippen LogP contribution in [0, 0.1) is 17.1 Å². The SMILES string of the molecule is CCc1nc2sc(N3CCC(N)C3)nn2c1N(C)c1nc(-c2ccc(F)cc2)c(C#N)s1. The fraction of sp³-hybridized carbons (Fsp3) is 0.333. The van der Waals surface area contributed by atoms with Crippen LogP contribution in [0.15, 0.2) is 24.3 Å². The molecular formula is C21H21FN8S2. The number of aromatic nitrogens is 4. The van der Waals surface area contributed by atoms with Crippen molar-refractivity contribution in [3.05, 3.63) is 40.7 Å². The number of benzene rings is 1. The topological polar surface area (TPSA) is 99.4 Å². The number of hydrogen-bond acceptors (Lipinski definition) is 9. The summed E-state index contributed by atoms with van der Waals surface area (Å²) in [4.78, 5) is 14.9. The molecule has 8 nitrogen and oxygen atoms in total. The first-order valence-corrected chi connectivity index (χ1v) is 11.9. The van der Waals surface area contributed by atoms with Crippen molar-refractivity contribution >= 4 is 43.7 Å². The molecule has 0 saturated carbocycles. The molecule has 164 valence electrons. The summed E-state index contributed by atoms with van der Waals surface area (Å²) in [5.74, 6) is 0.504. The first-order chi connectivity index (χ1) is 15.5. The molecule has 1 saturated heterocycles. The van der Waals surface area contributed by atoms with Gasteiger partial charge in [-0.15, -0.1) is 5.10 Å². The molecule has 1 aromatic carbocycles. The molecule has 0 radical (unpaired) electrons. The molecular weight excluding hydrogens is 447 g/mol. The Morgan fingerprint density at radius 1 is 1.28 bits per heavy atom. The lowest BCUT2D eigenvalue weighted by molar-refractivity contribution is 0.628. The maximum absolute atomic E-state index is 13.4. The van der Waals surface area contributed by atoms with Crippen molar-refractivity contribution in [1.82, 2.24) is 19.6 Å². The molecule has 1 aliphatic heterocycles. The van der Waals surface area contributed by atoms with Gasteiger partial charge in [-0.1, -0.05) is 29.6 Å². The van der Waals surface area contributed by atoms with Gasteiger partial charge in [0.25, 0.3) is 0 Å². The highest BCUT2D eigenvalue weighted by atomic mass is 32.1. The highest BCUT2D eigenvalue weighted by Crippen LogP contribution is 2.38. The predicted octanol–water partition coefficient (Wildman–Crippen LogP) is 3.79. The Labute approximate surface area is 192 Å². The number of rotatable bonds is 5. The fourth-order valence-electron chi connectivity index (χ4n) is 3.85. The van der Waals surface area contributed by atoms with E-state index < -0.39 is 0 Å². The van der Waals surface area contributed by atoms with Gasteiger partial charge < -0.3 is 15.5 Å². The Kier molecular flexibility index (Phi) is 5.28. The van der Waals surface area contributed by atoms with Gasteiger partial charge in [0.2, 0.25) is 10.1 Å². The smallest absolute Gasteiger partial charge is 0.216 e. The summed E-state index contributed by atoms with van der Waals surface area (Å²) in [6, 6.07) is 8.41. The Hall–Kier alpha value is -3.07. The second kappa shape index (κ2) is 8.12. The molecule has 1 atom stereocenters. The van der Waals surface area contributed by atoms with Crippen LogP contribution in [0.25, 0.3) is 16.2 Å². The van der Waals surface area contributed by atoms with Crippen LogP contribution in [0.1, 0.15) is 23.9 Å². The Balaban J connectivity index is 1.55. The lowest BCUT2D eigenvalue weighted by atomic mass is 10.1. The summed E-state index contributed by atoms with van der Waals surface area (Å²) in [5, 5.41) is 16.0. The number of nitriles is 1. The van der Waals surface area contributed by atoms with Gasteiger partial charge in [-0.2, -0.15) is 9.78 Å². The monoisotopic (exact) mass is 468 g/mol. The van der Waals surface area contributed by atoms with Crippen LogP contribution >= 0.6 is 22.7 Å². The van der Waals surface area contributed by atoms with Crippen molar-refractivity contribution in [1.29, 1.82) is 5.26 Å². The van der Waals surface area contributed by atoms with E-state index >= 15 is 0 Å². The molecule has 0 spiro atoms. The second-order valence-electron chi connectivity index (χ2n) is 7.66. The third-order valence-corrected chi connectivity index (χ3v) is 7.51. The highest BCUT2D eigenvalue weighted by Gasteiger charge is 2.27. The lowest BCUT2D eigenvalue weighted by Crippen LogP contribution is -2.26. The summed E-state index contributed by atoms with van der Waals surface area (Å²) in [5.41, 5.74) is 8.23. The molecule has 4 heterocycles. The van der Waals surface area contributed by atoms with Crippen molar-refractivity contribution in [2.45, 2.75) is 25.8 Å². The normalized spacial score (nSPS) is 16.1. The minimum Gasteiger partial charge on any atom is -0.345 e. The number of nitrogens with zero attached hydrogens (tertiary/aromatic N) is 7. The van der Waals surface area contributed by atoms with E-state index in [9.17, 15) is 9.65 Å². The molecule has 2 N–H and O–H groups in total. The number of nitrogens with two attached hydrogens (primary N) is 1. The third-order valence-electron chi connectivity index (χ3n) is 5.51. The number of imidazole rings is 1. The van der Waals surface area contributed by atoms with Crippen LogP contribution in [0.5, 0.6) is 0 Å². The largest absolute Gasteiger partial charge is 0.345 e. The van der Waals surface area contributed by atoms with E-state index in [4.69, 9.17) is 20.8 Å². The molecule has 1 aliphatic rings. The number of thiazole rings is 1. The van der Waals surface area contributed by atoms with Gasteiger partial charge in [0.05, 0.1) is 5.69 Å². The predicted molar refractivity (Wildman–Crippen MR) is 125 cm³/mol. The van der Waals surface area contributed by atoms with E-state index in [0.29, 0.717) is 21.3 Å². The van der Waals surface area contributed by atoms with Crippen molar-refractivity contribution in [2.75, 3.05) is 29.9 Å². The van der Waals surface area contributed by atoms with Crippen molar-refractivity contribution in [3.8, 4) is 17.3 Å². The van der Waals surface area contributed by atoms with Gasteiger partial charge in [0, 0.05) is 31.7 Å². The highest BCUT2D eigenvalue weighted by molar-refractivity contribution is 7.20. The third kappa shape index (κ3) is 3.50. The molecule has 1 unspecified atom stereocenters. The molecule has 0 bridgehead atoms. The van der Waals surface area contributed by atoms with E-state index in [1.807, 2.05) is 16.5 Å². The average molecular weight is 469 g/mol. The van der Waals surface area contributed by atoms with E-state index in [1.165, 1.54) is 23.5 Å². The Morgan fingerprint density at radius 2 is 2.06 bits per heavy atom. The van der Waals surface area contributed by atoms with Crippen LogP contribution in [-0.2, 0) is 6.42 Å². The average Bonchev–Trinajstić information content (AvgIpc) is 3.55. The minimum atomic E-state index is -0.327. The van der Waals surface area contributed by atoms with Crippen LogP contribution < -0.4 is 15.5 Å². The van der Waals surface area contributed by atoms with Gasteiger partial charge in [0.1, 0.15) is 22.5 Å². The van der Waals surface area contributed by atoms with E-state index in [-0.39, 0.29) is 11.9 Å². The summed E-state index contributed by atoms with van der Waals surface area (Å²) < 4.78 is 15.2. The van der Waals surface area contributed by atoms with Crippen molar-refractivity contribution in [3.63, 3.8) is 0 Å². The van der Waals surface area contributed by atoms with Gasteiger partial charge >= 0.3 is 0 Å². The quantitative estimate of drug-likeness (QED) is 0.476. The van der Waals surface area contributed by atoms with Gasteiger partial charge in [0.15, 0.2) is 10.9 Å². The van der Waals surface area contributed by atoms with Crippen molar-refractivity contribution in [2.24, 2.45) is 5.73 Å². The number of aryl methyl sites for hydroxylation is 1. The zero-order chi connectivity index (χ0) is 22.4. The van der Waals surface area contributed by atoms with E-state index in [0.717, 1.165) is 47.5 Å². The minimum absolute atomic E-state index is 0.171. The van der Waals surface area contributed by atoms with Crippen LogP contribution in [0.4, 0.5) is 20.5 Å². The van der Waals surface area contributed by atoms with Crippen LogP contribution in [0.2, 0.25) is 0 Å². The maximum Gasteiger partial charge on any atom is 0.216 e. The summed E-state index contributed by atoms with van der Waals surface area (Å²) in [6.07, 6.45) is 1.69. The summed E-state index contributed by atoms with van der Waals surface area (Å²) >= 11 is 2.84. The standard InChI is InChI=1S/C21H21FN8S2/c1-3-15-18(30-20(25-15)32-21(27-30)29-9-8-14(24)11-29)28(2)19-26-17(16(10-23)31-19)12-4-6-13(22)7-5-12/h4-7,14H,3,8-9,11,24H2,1-2H3. The first-order valence-electron chi connectivity index (χ1n) is 10.3. The van der Waals surface area contributed by atoms with Crippen molar-refractivity contribution < 1.29 is 4.39 Å². The van der Waals surface area contributed by atoms with Gasteiger partial charge in [-0.3, -0.25) is 0 Å². The van der Waals surface area contributed by atoms with Crippen LogP contribution in [-0.4, -0.2) is 45.8 Å². The number of halogens is 1. The molecule has 3 aromatic heterocycles. The van der Waals surface area contributed by atoms with Gasteiger partial charge in [-0.25, -0.2) is 14.4 Å². The molecule has 32 heavy (non-hydrogen) atoms. The number of fused-ring (bicyclic) bond motifs is 1. The van der Waals surface area contributed by atoms with Crippen LogP contribution in [0.3, 0.4) is 0 Å². The maximum atomic E-state index is 13.4. The zero-order valence-electron chi connectivity index (χ0n) is 17.6. The summed E-state index contributed by atoms with van der Waals surface area (Å²) in [7, 11) is 1.90. The second-order valence-corrected chi connectivity index (χ2v) is 9.57. The fourth-order valence-corrected chi connectivity index (χ4v) is 5.65. The molecule has 4 aromatic rings. The lowest BCUT2D eigenvalue weighted by Gasteiger charge is -2.16. The Bertz CT molecular complexity index is 1320. The Morgan fingerprint density at radius 3 is 2.72 bits per heavy atom. The molecule has 0 amide bonds. The summed E-state index contributed by atoms with van der Waals surface area (Å²) in [6.45, 7) is 3.74. The van der Waals surface area contributed by atoms with E-state index in [2.05, 4.69) is 17.9 Å². The number of anilines is 3. The molecule has 0 aliphatic carbocycles. The molecule has 11 heteroatoms. The molecule has 1 fully saturated rings. The zero-order valence-corrected chi connectivity index (χ0v) is 19.3.